The van der Waals surface area contributed by atoms with Gasteiger partial charge in [-0.2, -0.15) is 13.1 Å². The molecule has 0 bridgehead atoms. The van der Waals surface area contributed by atoms with E-state index in [0.717, 1.165) is 22.9 Å². The van der Waals surface area contributed by atoms with E-state index in [1.54, 1.807) is 37.7 Å². The predicted molar refractivity (Wildman–Crippen MR) is 154 cm³/mol. The molecule has 0 radical (unpaired) electrons. The van der Waals surface area contributed by atoms with Gasteiger partial charge in [-0.15, -0.1) is 0 Å². The molecule has 4 N–H and O–H groups in total. The number of nitrogens with one attached hydrogen (secondary N) is 4. The van der Waals surface area contributed by atoms with E-state index in [0.29, 0.717) is 43.2 Å². The monoisotopic (exact) mass is 616 g/mol. The molecular formula is C27H33BrN6O4S. The third kappa shape index (κ3) is 7.98. The highest BCUT2D eigenvalue weighted by atomic mass is 79.9. The molecule has 0 atom stereocenters. The van der Waals surface area contributed by atoms with Crippen LogP contribution in [0.3, 0.4) is 0 Å². The lowest BCUT2D eigenvalue weighted by Gasteiger charge is -2.41. The Kier molecular flexibility index (Phi) is 9.89. The average Bonchev–Trinajstić information content (AvgIpc) is 2.96. The predicted octanol–water partition coefficient (Wildman–Crippen LogP) is 3.39. The van der Waals surface area contributed by atoms with Crippen LogP contribution in [-0.4, -0.2) is 57.1 Å². The molecule has 208 valence electrons. The molecule has 1 heterocycles. The summed E-state index contributed by atoms with van der Waals surface area (Å²) in [5.41, 5.74) is 1.31. The SMILES string of the molecule is COc1ccccc1C(=O)NC[C@]1(c2ccccc2)CC[C@H](NS(=O)(=O)NCCNc2ncc(Br)cn2)CC1. The zero-order valence-electron chi connectivity index (χ0n) is 21.7. The molecule has 0 spiro atoms. The number of amides is 1. The van der Waals surface area contributed by atoms with E-state index in [1.165, 1.54) is 0 Å². The molecule has 1 fully saturated rings. The Morgan fingerprint density at radius 3 is 2.38 bits per heavy atom. The van der Waals surface area contributed by atoms with Gasteiger partial charge in [0.25, 0.3) is 16.1 Å². The van der Waals surface area contributed by atoms with Crippen LogP contribution < -0.4 is 24.8 Å². The summed E-state index contributed by atoms with van der Waals surface area (Å²) in [5.74, 6) is 0.749. The standard InChI is InChI=1S/C27H33BrN6O4S/c1-38-24-10-6-5-9-23(24)25(35)32-19-27(20-7-3-2-4-8-20)13-11-22(12-14-27)34-39(36,37)33-16-15-29-26-30-17-21(28)18-31-26/h2-10,17-18,22,33-34H,11-16,19H2,1H3,(H,32,35)(H,29,30,31)/t22-,27-. The third-order valence-electron chi connectivity index (χ3n) is 6.91. The van der Waals surface area contributed by atoms with Crippen LogP contribution in [0, 0.1) is 0 Å². The lowest BCUT2D eigenvalue weighted by Crippen LogP contribution is -2.49. The maximum Gasteiger partial charge on any atom is 0.277 e. The number of carbonyl (C=O) groups is 1. The van der Waals surface area contributed by atoms with Crippen molar-refractivity contribution in [2.45, 2.75) is 37.1 Å². The van der Waals surface area contributed by atoms with Crippen molar-refractivity contribution in [3.8, 4) is 5.75 Å². The topological polar surface area (TPSA) is 134 Å². The maximum absolute atomic E-state index is 13.0. The number of ether oxygens (including phenoxy) is 1. The van der Waals surface area contributed by atoms with E-state index in [9.17, 15) is 13.2 Å². The summed E-state index contributed by atoms with van der Waals surface area (Å²) in [6, 6.07) is 17.0. The molecule has 0 saturated heterocycles. The highest BCUT2D eigenvalue weighted by Gasteiger charge is 2.38. The van der Waals surface area contributed by atoms with Crippen molar-refractivity contribution in [3.05, 3.63) is 82.6 Å². The Labute approximate surface area is 237 Å². The van der Waals surface area contributed by atoms with Crippen LogP contribution in [0.4, 0.5) is 5.95 Å². The Bertz CT molecular complexity index is 1330. The van der Waals surface area contributed by atoms with Crippen molar-refractivity contribution in [2.75, 3.05) is 32.1 Å². The van der Waals surface area contributed by atoms with Crippen molar-refractivity contribution in [1.29, 1.82) is 0 Å². The molecule has 0 unspecified atom stereocenters. The summed E-state index contributed by atoms with van der Waals surface area (Å²) < 4.78 is 36.8. The fourth-order valence-corrected chi connectivity index (χ4v) is 6.18. The highest BCUT2D eigenvalue weighted by molar-refractivity contribution is 9.10. The number of halogens is 1. The van der Waals surface area contributed by atoms with E-state index < -0.39 is 10.2 Å². The van der Waals surface area contributed by atoms with Crippen LogP contribution in [-0.2, 0) is 15.6 Å². The van der Waals surface area contributed by atoms with Gasteiger partial charge in [0.05, 0.1) is 17.1 Å². The Balaban J connectivity index is 1.32. The largest absolute Gasteiger partial charge is 0.496 e. The van der Waals surface area contributed by atoms with E-state index in [-0.39, 0.29) is 23.9 Å². The van der Waals surface area contributed by atoms with Crippen LogP contribution in [0.15, 0.2) is 71.5 Å². The van der Waals surface area contributed by atoms with E-state index >= 15 is 0 Å². The van der Waals surface area contributed by atoms with Crippen molar-refractivity contribution >= 4 is 38.0 Å². The fourth-order valence-electron chi connectivity index (χ4n) is 4.85. The minimum absolute atomic E-state index is 0.185. The summed E-state index contributed by atoms with van der Waals surface area (Å²) in [4.78, 5) is 21.2. The molecule has 1 saturated carbocycles. The molecule has 2 aromatic carbocycles. The summed E-state index contributed by atoms with van der Waals surface area (Å²) in [6.45, 7) is 0.968. The van der Waals surface area contributed by atoms with Gasteiger partial charge in [-0.05, 0) is 59.3 Å². The molecule has 1 aliphatic rings. The second-order valence-electron chi connectivity index (χ2n) is 9.47. The number of methoxy groups -OCH3 is 1. The Morgan fingerprint density at radius 2 is 1.69 bits per heavy atom. The molecule has 10 nitrogen and oxygen atoms in total. The first-order chi connectivity index (χ1) is 18.8. The van der Waals surface area contributed by atoms with Gasteiger partial charge in [-0.25, -0.2) is 14.7 Å². The van der Waals surface area contributed by atoms with Gasteiger partial charge in [0, 0.05) is 43.5 Å². The maximum atomic E-state index is 13.0. The molecule has 1 aliphatic carbocycles. The Morgan fingerprint density at radius 1 is 1.03 bits per heavy atom. The van der Waals surface area contributed by atoms with Crippen molar-refractivity contribution in [2.24, 2.45) is 0 Å². The average molecular weight is 618 g/mol. The normalized spacial score (nSPS) is 19.3. The lowest BCUT2D eigenvalue weighted by molar-refractivity contribution is 0.0932. The number of benzene rings is 2. The zero-order valence-corrected chi connectivity index (χ0v) is 24.1. The van der Waals surface area contributed by atoms with E-state index in [2.05, 4.69) is 58.1 Å². The summed E-state index contributed by atoms with van der Waals surface area (Å²) in [6.07, 6.45) is 5.96. The molecule has 0 aliphatic heterocycles. The zero-order chi connectivity index (χ0) is 27.7. The number of para-hydroxylation sites is 1. The first kappa shape index (κ1) is 28.9. The Hall–Kier alpha value is -3.06. The fraction of sp³-hybridized carbons (Fsp3) is 0.370. The number of carbonyl (C=O) groups excluding carboxylic acids is 1. The number of rotatable bonds is 12. The molecule has 4 rings (SSSR count). The van der Waals surface area contributed by atoms with Crippen molar-refractivity contribution in [3.63, 3.8) is 0 Å². The van der Waals surface area contributed by atoms with Gasteiger partial charge in [-0.3, -0.25) is 4.79 Å². The minimum atomic E-state index is -3.69. The van der Waals surface area contributed by atoms with Crippen LogP contribution in [0.2, 0.25) is 0 Å². The van der Waals surface area contributed by atoms with Crippen LogP contribution >= 0.6 is 15.9 Å². The van der Waals surface area contributed by atoms with Crippen molar-refractivity contribution < 1.29 is 17.9 Å². The smallest absolute Gasteiger partial charge is 0.277 e. The van der Waals surface area contributed by atoms with E-state index in [4.69, 9.17) is 4.74 Å². The van der Waals surface area contributed by atoms with Gasteiger partial charge in [0.1, 0.15) is 5.75 Å². The second-order valence-corrected chi connectivity index (χ2v) is 11.9. The van der Waals surface area contributed by atoms with Crippen LogP contribution in [0.1, 0.15) is 41.6 Å². The van der Waals surface area contributed by atoms with Gasteiger partial charge >= 0.3 is 0 Å². The molecule has 12 heteroatoms. The number of nitrogens with zero attached hydrogens (tertiary/aromatic N) is 2. The lowest BCUT2D eigenvalue weighted by atomic mass is 9.68. The van der Waals surface area contributed by atoms with Crippen LogP contribution in [0.25, 0.3) is 0 Å². The first-order valence-electron chi connectivity index (χ1n) is 12.8. The summed E-state index contributed by atoms with van der Waals surface area (Å²) in [5, 5.41) is 6.09. The molecule has 39 heavy (non-hydrogen) atoms. The highest BCUT2D eigenvalue weighted by Crippen LogP contribution is 2.39. The number of hydrogen-bond acceptors (Lipinski definition) is 7. The van der Waals surface area contributed by atoms with Gasteiger partial charge < -0.3 is 15.4 Å². The summed E-state index contributed by atoms with van der Waals surface area (Å²) in [7, 11) is -2.14. The van der Waals surface area contributed by atoms with E-state index in [1.807, 2.05) is 24.3 Å². The molecule has 1 amide bonds. The number of anilines is 1. The first-order valence-corrected chi connectivity index (χ1v) is 15.0. The summed E-state index contributed by atoms with van der Waals surface area (Å²) >= 11 is 3.27. The number of hydrogen-bond donors (Lipinski definition) is 4. The molecule has 3 aromatic rings. The van der Waals surface area contributed by atoms with Gasteiger partial charge in [0.15, 0.2) is 0 Å². The number of aromatic nitrogens is 2. The van der Waals surface area contributed by atoms with Gasteiger partial charge in [0.2, 0.25) is 5.95 Å². The quantitative estimate of drug-likeness (QED) is 0.229. The second kappa shape index (κ2) is 13.3. The minimum Gasteiger partial charge on any atom is -0.496 e. The van der Waals surface area contributed by atoms with Gasteiger partial charge in [-0.1, -0.05) is 42.5 Å². The molecule has 1 aromatic heterocycles. The third-order valence-corrected chi connectivity index (χ3v) is 8.55. The van der Waals surface area contributed by atoms with Crippen LogP contribution in [0.5, 0.6) is 5.75 Å². The van der Waals surface area contributed by atoms with Crippen molar-refractivity contribution in [1.82, 2.24) is 24.7 Å². The molecular weight excluding hydrogens is 584 g/mol.